The average molecular weight is 1530 g/mol. The number of piperidine rings is 1. The summed E-state index contributed by atoms with van der Waals surface area (Å²) in [6, 6.07) is 17.0. The van der Waals surface area contributed by atoms with Gasteiger partial charge in [-0.15, -0.1) is 0 Å². The smallest absolute Gasteiger partial charge is 0.414 e. The molecule has 9 atom stereocenters. The Kier molecular flexibility index (Phi) is 29.8. The van der Waals surface area contributed by atoms with Crippen LogP contribution in [-0.4, -0.2) is 273 Å². The summed E-state index contributed by atoms with van der Waals surface area (Å²) < 4.78 is 106. The van der Waals surface area contributed by atoms with Gasteiger partial charge in [0.05, 0.1) is 93.4 Å². The average Bonchev–Trinajstić information content (AvgIpc) is 1.64. The van der Waals surface area contributed by atoms with Crippen molar-refractivity contribution >= 4 is 70.8 Å². The first-order chi connectivity index (χ1) is 51.6. The van der Waals surface area contributed by atoms with E-state index in [2.05, 4.69) is 47.4 Å². The number of nitrogens with one attached hydrogen (secondary N) is 8. The van der Waals surface area contributed by atoms with Crippen molar-refractivity contribution in [3.05, 3.63) is 96.1 Å². The number of hydrogen-bond acceptors (Lipinski definition) is 25. The summed E-state index contributed by atoms with van der Waals surface area (Å²) in [6.07, 6.45) is -4.51. The van der Waals surface area contributed by atoms with Gasteiger partial charge in [-0.1, -0.05) is 0 Å². The molecule has 108 heavy (non-hydrogen) atoms. The Labute approximate surface area is 620 Å². The van der Waals surface area contributed by atoms with Crippen LogP contribution in [0.4, 0.5) is 59.5 Å². The van der Waals surface area contributed by atoms with Crippen molar-refractivity contribution in [2.45, 2.75) is 101 Å². The van der Waals surface area contributed by atoms with E-state index >= 15 is 0 Å². The van der Waals surface area contributed by atoms with E-state index in [0.29, 0.717) is 81.5 Å². The van der Waals surface area contributed by atoms with Crippen LogP contribution in [0.25, 0.3) is 0 Å². The first-order valence-corrected chi connectivity index (χ1v) is 35.5. The molecule has 8 fully saturated rings. The van der Waals surface area contributed by atoms with E-state index in [1.165, 1.54) is 102 Å². The van der Waals surface area contributed by atoms with E-state index < -0.39 is 89.4 Å². The maximum atomic E-state index is 14.4. The van der Waals surface area contributed by atoms with Gasteiger partial charge in [0.1, 0.15) is 55.4 Å². The van der Waals surface area contributed by atoms with Crippen molar-refractivity contribution in [1.82, 2.24) is 47.4 Å². The second-order valence-electron chi connectivity index (χ2n) is 26.8. The molecule has 37 heteroatoms. The highest BCUT2D eigenvalue weighted by molar-refractivity contribution is 5.92. The van der Waals surface area contributed by atoms with Crippen molar-refractivity contribution in [3.63, 3.8) is 0 Å². The predicted molar refractivity (Wildman–Crippen MR) is 380 cm³/mol. The molecule has 0 spiro atoms. The van der Waals surface area contributed by atoms with E-state index in [1.54, 1.807) is 25.3 Å². The molecule has 0 saturated carbocycles. The van der Waals surface area contributed by atoms with Crippen LogP contribution in [0.3, 0.4) is 0 Å². The minimum Gasteiger partial charge on any atom is -0.490 e. The van der Waals surface area contributed by atoms with Gasteiger partial charge in [-0.25, -0.2) is 36.7 Å². The fourth-order valence-corrected chi connectivity index (χ4v) is 12.4. The van der Waals surface area contributed by atoms with Gasteiger partial charge < -0.3 is 100 Å². The molecule has 12 rings (SSSR count). The number of ether oxygens (including phenoxy) is 9. The number of β-amino-alcohol motifs (C(OH)–C–C–N with tert-alkyl or cyclic N) is 2. The number of anilines is 4. The van der Waals surface area contributed by atoms with E-state index in [9.17, 15) is 71.2 Å². The van der Waals surface area contributed by atoms with Crippen LogP contribution in [-0.2, 0) is 42.9 Å². The fourth-order valence-electron chi connectivity index (χ4n) is 12.4. The van der Waals surface area contributed by atoms with Crippen LogP contribution in [0, 0.1) is 23.3 Å². The molecule has 8 amide bonds. The molecule has 33 nitrogen and oxygen atoms in total. The first-order valence-electron chi connectivity index (χ1n) is 35.5. The Morgan fingerprint density at radius 3 is 1.27 bits per heavy atom. The highest BCUT2D eigenvalue weighted by Crippen LogP contribution is 2.33. The third kappa shape index (κ3) is 23.7. The quantitative estimate of drug-likeness (QED) is 0.0315. The summed E-state index contributed by atoms with van der Waals surface area (Å²) in [5.74, 6) is -2.95. The SMILES string of the molecule is CC(=O)NC[C@H]1CN(c2ccc(OCC3(O)CCNC3)c(F)c2)C(=O)O1.CC(=O)NC[C@H]1CN(c2ccc(OCCN3CCNCC3)c(F)c2)C(=O)O1.CC(=O)NC[C@H]1CN(c2ccc(OCC[C@@]3(O)CCNC[C@@H]3O)c(F)c2)C(=O)O1.CO[C@H]1CNC[C@@H]1Oc1ccc(N2C[C@H](CNC(C)=O)OC2=O)cc1F. The Bertz CT molecular complexity index is 3770. The van der Waals surface area contributed by atoms with Gasteiger partial charge in [0.15, 0.2) is 46.3 Å². The number of aliphatic hydroxyl groups is 3. The lowest BCUT2D eigenvalue weighted by Crippen LogP contribution is -2.54. The molecule has 0 aliphatic carbocycles. The van der Waals surface area contributed by atoms with Gasteiger partial charge in [-0.3, -0.25) is 43.7 Å². The van der Waals surface area contributed by atoms with Gasteiger partial charge in [0, 0.05) is 124 Å². The van der Waals surface area contributed by atoms with Crippen molar-refractivity contribution < 1.29 is 114 Å². The van der Waals surface area contributed by atoms with Crippen LogP contribution in [0.5, 0.6) is 23.0 Å². The normalized spacial score (nSPS) is 24.5. The number of amides is 8. The van der Waals surface area contributed by atoms with E-state index in [-0.39, 0.29) is 131 Å². The zero-order valence-electron chi connectivity index (χ0n) is 60.7. The summed E-state index contributed by atoms with van der Waals surface area (Å²) in [6.45, 7) is 15.5. The molecule has 0 aromatic heterocycles. The second-order valence-corrected chi connectivity index (χ2v) is 26.8. The van der Waals surface area contributed by atoms with E-state index in [4.69, 9.17) is 42.6 Å². The number of halogens is 4. The number of rotatable bonds is 26. The van der Waals surface area contributed by atoms with Crippen molar-refractivity contribution in [2.75, 3.05) is 171 Å². The molecule has 4 aromatic rings. The molecule has 8 saturated heterocycles. The Hall–Kier alpha value is -9.60. The minimum atomic E-state index is -1.26. The van der Waals surface area contributed by atoms with E-state index in [1.807, 2.05) is 0 Å². The molecule has 8 aliphatic rings. The number of aliphatic hydroxyl groups excluding tert-OH is 1. The number of hydrogen-bond donors (Lipinski definition) is 11. The summed E-state index contributed by atoms with van der Waals surface area (Å²) in [4.78, 5) is 99.4. The standard InChI is InChI=1S/C19H26FN3O6.C18H25FN4O4.2C17H22FN3O5/c1-12(24)22-9-14-11-23(18(26)29-14)13-2-3-16(15(20)8-13)28-7-5-19(27)4-6-21-10-17(19)25;1-13(24)21-11-15-12-23(18(25)27-15)14-2-3-17(16(19)10-14)26-9-8-22-6-4-20-5-7-22;1-10(22)20-6-12-9-21(17(23)25-12)11-3-4-14(13(18)5-11)26-16-8-19-7-15(16)24-2;1-11(22)20-7-13-8-21(16(23)26-13)12-2-3-15(14(18)6-12)25-10-17(24)4-5-19-9-17/h2-3,8,14,17,21,25,27H,4-7,9-11H2,1H3,(H,22,24);2-3,10,15,20H,4-9,11-12H2,1H3,(H,21,24);3-5,12,15-16,19H,6-9H2,1-2H3,(H,20,22);2-3,6,13,19,24H,4-5,7-10H2,1H3,(H,20,22)/t14-,17-,19-;15-;12-,15-,16-;13-,17?/m0000/s1. The van der Waals surface area contributed by atoms with Crippen LogP contribution >= 0.6 is 0 Å². The largest absolute Gasteiger partial charge is 0.490 e. The highest BCUT2D eigenvalue weighted by atomic mass is 19.1. The molecule has 8 aliphatic heterocycles. The Balaban J connectivity index is 0.000000166. The second kappa shape index (κ2) is 39.0. The maximum absolute atomic E-state index is 14.4. The van der Waals surface area contributed by atoms with Crippen LogP contribution < -0.4 is 81.1 Å². The molecule has 1 unspecified atom stereocenters. The van der Waals surface area contributed by atoms with Crippen molar-refractivity contribution in [2.24, 2.45) is 0 Å². The highest BCUT2D eigenvalue weighted by Gasteiger charge is 2.40. The number of piperazine rings is 1. The third-order valence-electron chi connectivity index (χ3n) is 18.5. The van der Waals surface area contributed by atoms with Crippen LogP contribution in [0.1, 0.15) is 47.0 Å². The zero-order chi connectivity index (χ0) is 77.7. The molecule has 0 radical (unpaired) electrons. The molecule has 592 valence electrons. The topological polar surface area (TPSA) is 393 Å². The summed E-state index contributed by atoms with van der Waals surface area (Å²) >= 11 is 0. The number of benzene rings is 4. The Morgan fingerprint density at radius 1 is 0.500 bits per heavy atom. The van der Waals surface area contributed by atoms with Crippen molar-refractivity contribution in [3.8, 4) is 23.0 Å². The van der Waals surface area contributed by atoms with Crippen LogP contribution in [0.2, 0.25) is 0 Å². The van der Waals surface area contributed by atoms with Gasteiger partial charge in [-0.2, -0.15) is 0 Å². The van der Waals surface area contributed by atoms with Crippen LogP contribution in [0.15, 0.2) is 72.8 Å². The monoisotopic (exact) mass is 1530 g/mol. The third-order valence-corrected chi connectivity index (χ3v) is 18.5. The molecular formula is C71H95F4N13O20. The van der Waals surface area contributed by atoms with Gasteiger partial charge in [-0.05, 0) is 74.5 Å². The van der Waals surface area contributed by atoms with Gasteiger partial charge >= 0.3 is 24.4 Å². The lowest BCUT2D eigenvalue weighted by Gasteiger charge is -2.37. The number of nitrogens with zero attached hydrogens (tertiary/aromatic N) is 5. The number of carbonyl (C=O) groups is 8. The maximum Gasteiger partial charge on any atom is 0.414 e. The predicted octanol–water partition coefficient (Wildman–Crippen LogP) is 1.76. The summed E-state index contributed by atoms with van der Waals surface area (Å²) in [7, 11) is 1.59. The minimum absolute atomic E-state index is 0.0106. The summed E-state index contributed by atoms with van der Waals surface area (Å²) in [5, 5.41) is 53.4. The number of methoxy groups -OCH3 is 1. The molecular weight excluding hydrogens is 1430 g/mol. The fraction of sp³-hybridized carbons (Fsp3) is 0.549. The van der Waals surface area contributed by atoms with Crippen molar-refractivity contribution in [1.29, 1.82) is 0 Å². The number of cyclic esters (lactones) is 4. The Morgan fingerprint density at radius 2 is 0.889 bits per heavy atom. The number of carbonyl (C=O) groups excluding carboxylic acids is 8. The lowest BCUT2D eigenvalue weighted by molar-refractivity contribution is -0.120. The summed E-state index contributed by atoms with van der Waals surface area (Å²) in [5.41, 5.74) is -0.829. The molecule has 4 aromatic carbocycles. The zero-order valence-corrected chi connectivity index (χ0v) is 60.7. The lowest BCUT2D eigenvalue weighted by atomic mass is 9.87. The molecule has 11 N–H and O–H groups in total. The van der Waals surface area contributed by atoms with Gasteiger partial charge in [0.2, 0.25) is 23.6 Å². The molecule has 8 heterocycles. The first kappa shape index (κ1) is 82.5. The molecule has 0 bridgehead atoms. The van der Waals surface area contributed by atoms with E-state index in [0.717, 1.165) is 32.7 Å². The van der Waals surface area contributed by atoms with Gasteiger partial charge in [0.25, 0.3) is 0 Å².